The predicted octanol–water partition coefficient (Wildman–Crippen LogP) is 4.00. The molecule has 2 aromatic carbocycles. The Hall–Kier alpha value is -1.78. The average molecular weight is 328 g/mol. The van der Waals surface area contributed by atoms with E-state index < -0.39 is 0 Å². The van der Waals surface area contributed by atoms with Crippen LogP contribution in [0.4, 0.5) is 5.69 Å². The Morgan fingerprint density at radius 1 is 1.13 bits per heavy atom. The number of anilines is 1. The van der Waals surface area contributed by atoms with Crippen LogP contribution in [0.1, 0.15) is 24.5 Å². The SMILES string of the molecule is CC(=O)Nc1ccc(CN(C)CCCc2ccccc2S)cc1. The molecule has 1 amide bonds. The number of carbonyl (C=O) groups excluding carboxylic acids is 1. The van der Waals surface area contributed by atoms with Crippen LogP contribution >= 0.6 is 12.6 Å². The Kier molecular flexibility index (Phi) is 6.68. The molecule has 0 saturated heterocycles. The summed E-state index contributed by atoms with van der Waals surface area (Å²) in [7, 11) is 2.13. The van der Waals surface area contributed by atoms with Gasteiger partial charge in [-0.2, -0.15) is 0 Å². The van der Waals surface area contributed by atoms with E-state index in [1.807, 2.05) is 24.3 Å². The van der Waals surface area contributed by atoms with E-state index in [1.54, 1.807) is 0 Å². The van der Waals surface area contributed by atoms with E-state index in [4.69, 9.17) is 0 Å². The molecule has 0 bridgehead atoms. The Labute approximate surface area is 144 Å². The number of thiol groups is 1. The molecule has 0 spiro atoms. The monoisotopic (exact) mass is 328 g/mol. The highest BCUT2D eigenvalue weighted by molar-refractivity contribution is 7.80. The molecule has 0 heterocycles. The summed E-state index contributed by atoms with van der Waals surface area (Å²) in [5, 5.41) is 2.78. The maximum absolute atomic E-state index is 11.0. The number of rotatable bonds is 7. The summed E-state index contributed by atoms with van der Waals surface area (Å²) in [6, 6.07) is 16.3. The van der Waals surface area contributed by atoms with Crippen LogP contribution in [0.25, 0.3) is 0 Å². The van der Waals surface area contributed by atoms with E-state index >= 15 is 0 Å². The number of benzene rings is 2. The van der Waals surface area contributed by atoms with Crippen LogP contribution in [-0.2, 0) is 17.8 Å². The van der Waals surface area contributed by atoms with Crippen molar-refractivity contribution < 1.29 is 4.79 Å². The number of nitrogens with one attached hydrogen (secondary N) is 1. The highest BCUT2D eigenvalue weighted by Gasteiger charge is 2.03. The number of nitrogens with zero attached hydrogens (tertiary/aromatic N) is 1. The first kappa shape index (κ1) is 17.6. The lowest BCUT2D eigenvalue weighted by Gasteiger charge is -2.17. The molecule has 0 fully saturated rings. The topological polar surface area (TPSA) is 32.3 Å². The van der Waals surface area contributed by atoms with Gasteiger partial charge in [-0.1, -0.05) is 30.3 Å². The van der Waals surface area contributed by atoms with Crippen LogP contribution in [0, 0.1) is 0 Å². The van der Waals surface area contributed by atoms with E-state index in [9.17, 15) is 4.79 Å². The first-order valence-electron chi connectivity index (χ1n) is 7.86. The van der Waals surface area contributed by atoms with Gasteiger partial charge in [0, 0.05) is 24.1 Å². The molecule has 2 rings (SSSR count). The van der Waals surface area contributed by atoms with Crippen molar-refractivity contribution in [2.75, 3.05) is 18.9 Å². The first-order chi connectivity index (χ1) is 11.0. The van der Waals surface area contributed by atoms with Crippen LogP contribution in [0.2, 0.25) is 0 Å². The van der Waals surface area contributed by atoms with Crippen molar-refractivity contribution in [3.05, 3.63) is 59.7 Å². The maximum Gasteiger partial charge on any atom is 0.221 e. The minimum atomic E-state index is -0.0423. The molecule has 0 aliphatic heterocycles. The summed E-state index contributed by atoms with van der Waals surface area (Å²) < 4.78 is 0. The van der Waals surface area contributed by atoms with Crippen LogP contribution in [0.5, 0.6) is 0 Å². The van der Waals surface area contributed by atoms with E-state index in [0.717, 1.165) is 36.5 Å². The third-order valence-corrected chi connectivity index (χ3v) is 4.14. The number of carbonyl (C=O) groups is 1. The standard InChI is InChI=1S/C19H24N2OS/c1-15(22)20-18-11-9-16(10-12-18)14-21(2)13-5-7-17-6-3-4-8-19(17)23/h3-4,6,8-12,23H,5,7,13-14H2,1-2H3,(H,20,22). The Balaban J connectivity index is 1.77. The molecule has 3 nitrogen and oxygen atoms in total. The Morgan fingerprint density at radius 3 is 2.48 bits per heavy atom. The van der Waals surface area contributed by atoms with Crippen LogP contribution in [0.3, 0.4) is 0 Å². The normalized spacial score (nSPS) is 10.8. The lowest BCUT2D eigenvalue weighted by Crippen LogP contribution is -2.19. The van der Waals surface area contributed by atoms with Crippen molar-refractivity contribution in [2.24, 2.45) is 0 Å². The van der Waals surface area contributed by atoms with E-state index in [0.29, 0.717) is 0 Å². The average Bonchev–Trinajstić information content (AvgIpc) is 2.51. The summed E-state index contributed by atoms with van der Waals surface area (Å²) in [6.45, 7) is 3.46. The summed E-state index contributed by atoms with van der Waals surface area (Å²) in [5.41, 5.74) is 3.40. The molecule has 2 aromatic rings. The second kappa shape index (κ2) is 8.75. The van der Waals surface area contributed by atoms with Gasteiger partial charge in [0.25, 0.3) is 0 Å². The number of hydrogen-bond acceptors (Lipinski definition) is 3. The molecule has 0 saturated carbocycles. The van der Waals surface area contributed by atoms with Gasteiger partial charge in [0.05, 0.1) is 0 Å². The van der Waals surface area contributed by atoms with Gasteiger partial charge < -0.3 is 10.2 Å². The van der Waals surface area contributed by atoms with E-state index in [-0.39, 0.29) is 5.91 Å². The van der Waals surface area contributed by atoms with Gasteiger partial charge in [-0.15, -0.1) is 12.6 Å². The predicted molar refractivity (Wildman–Crippen MR) is 99.1 cm³/mol. The van der Waals surface area contributed by atoms with E-state index in [1.165, 1.54) is 18.1 Å². The van der Waals surface area contributed by atoms with Gasteiger partial charge in [-0.05, 0) is 55.8 Å². The molecule has 23 heavy (non-hydrogen) atoms. The van der Waals surface area contributed by atoms with Crippen LogP contribution in [0.15, 0.2) is 53.4 Å². The second-order valence-electron chi connectivity index (χ2n) is 5.85. The van der Waals surface area contributed by atoms with Crippen LogP contribution in [-0.4, -0.2) is 24.4 Å². The highest BCUT2D eigenvalue weighted by Crippen LogP contribution is 2.15. The smallest absolute Gasteiger partial charge is 0.221 e. The van der Waals surface area contributed by atoms with Gasteiger partial charge in [0.15, 0.2) is 0 Å². The Morgan fingerprint density at radius 2 is 1.83 bits per heavy atom. The molecule has 0 aromatic heterocycles. The van der Waals surface area contributed by atoms with Crippen molar-refractivity contribution in [1.29, 1.82) is 0 Å². The molecule has 0 radical (unpaired) electrons. The van der Waals surface area contributed by atoms with Gasteiger partial charge in [-0.3, -0.25) is 4.79 Å². The van der Waals surface area contributed by atoms with Gasteiger partial charge in [-0.25, -0.2) is 0 Å². The summed E-state index contributed by atoms with van der Waals surface area (Å²) in [6.07, 6.45) is 2.16. The highest BCUT2D eigenvalue weighted by atomic mass is 32.1. The molecule has 0 aliphatic rings. The summed E-state index contributed by atoms with van der Waals surface area (Å²) >= 11 is 4.49. The van der Waals surface area contributed by atoms with E-state index in [2.05, 4.69) is 54.2 Å². The molecule has 0 atom stereocenters. The lowest BCUT2D eigenvalue weighted by molar-refractivity contribution is -0.114. The van der Waals surface area contributed by atoms with Crippen molar-refractivity contribution in [1.82, 2.24) is 4.90 Å². The van der Waals surface area contributed by atoms with Crippen molar-refractivity contribution >= 4 is 24.2 Å². The molecule has 4 heteroatoms. The number of aryl methyl sites for hydroxylation is 1. The zero-order valence-electron chi connectivity index (χ0n) is 13.7. The van der Waals surface area contributed by atoms with Gasteiger partial charge in [0.2, 0.25) is 5.91 Å². The second-order valence-corrected chi connectivity index (χ2v) is 6.33. The fourth-order valence-electron chi connectivity index (χ4n) is 2.55. The summed E-state index contributed by atoms with van der Waals surface area (Å²) in [4.78, 5) is 14.4. The molecule has 0 unspecified atom stereocenters. The lowest BCUT2D eigenvalue weighted by atomic mass is 10.1. The number of hydrogen-bond donors (Lipinski definition) is 2. The van der Waals surface area contributed by atoms with Crippen molar-refractivity contribution in [2.45, 2.75) is 31.2 Å². The van der Waals surface area contributed by atoms with Gasteiger partial charge >= 0.3 is 0 Å². The first-order valence-corrected chi connectivity index (χ1v) is 8.31. The molecule has 0 aliphatic carbocycles. The van der Waals surface area contributed by atoms with Crippen molar-refractivity contribution in [3.8, 4) is 0 Å². The molecule has 122 valence electrons. The third kappa shape index (κ3) is 6.08. The zero-order valence-corrected chi connectivity index (χ0v) is 14.6. The van der Waals surface area contributed by atoms with Crippen molar-refractivity contribution in [3.63, 3.8) is 0 Å². The zero-order chi connectivity index (χ0) is 16.7. The fraction of sp³-hybridized carbons (Fsp3) is 0.316. The third-order valence-electron chi connectivity index (χ3n) is 3.70. The van der Waals surface area contributed by atoms with Gasteiger partial charge in [0.1, 0.15) is 0 Å². The molecular weight excluding hydrogens is 304 g/mol. The number of amides is 1. The Bertz CT molecular complexity index is 640. The van der Waals surface area contributed by atoms with Crippen LogP contribution < -0.4 is 5.32 Å². The fourth-order valence-corrected chi connectivity index (χ4v) is 2.82. The molecule has 1 N–H and O–H groups in total. The summed E-state index contributed by atoms with van der Waals surface area (Å²) in [5.74, 6) is -0.0423. The molecular formula is C19H24N2OS. The quantitative estimate of drug-likeness (QED) is 0.753. The largest absolute Gasteiger partial charge is 0.326 e. The minimum absolute atomic E-state index is 0.0423. The minimum Gasteiger partial charge on any atom is -0.326 e. The maximum atomic E-state index is 11.0.